The van der Waals surface area contributed by atoms with Gasteiger partial charge < -0.3 is 4.74 Å². The lowest BCUT2D eigenvalue weighted by Gasteiger charge is -2.23. The first-order valence-electron chi connectivity index (χ1n) is 5.62. The Morgan fingerprint density at radius 1 is 1.38 bits per heavy atom. The van der Waals surface area contributed by atoms with Crippen molar-refractivity contribution in [1.29, 1.82) is 0 Å². The van der Waals surface area contributed by atoms with Gasteiger partial charge in [0, 0.05) is 6.42 Å². The molecule has 1 saturated carbocycles. The Hall–Kier alpha value is -1.41. The highest BCUT2D eigenvalue weighted by Gasteiger charge is 2.40. The second kappa shape index (κ2) is 4.62. The molecule has 1 aromatic rings. The third-order valence-corrected chi connectivity index (χ3v) is 3.09. The van der Waals surface area contributed by atoms with Crippen molar-refractivity contribution in [1.82, 2.24) is 0 Å². The maximum atomic E-state index is 11.8. The van der Waals surface area contributed by atoms with Gasteiger partial charge in [0.2, 0.25) is 0 Å². The Morgan fingerprint density at radius 3 is 2.69 bits per heavy atom. The van der Waals surface area contributed by atoms with Gasteiger partial charge in [0.15, 0.2) is 5.78 Å². The molecule has 0 bridgehead atoms. The first kappa shape index (κ1) is 11.1. The molecule has 1 aliphatic carbocycles. The zero-order valence-electron chi connectivity index (χ0n) is 9.32. The van der Waals surface area contributed by atoms with Gasteiger partial charge >= 0.3 is 0 Å². The van der Waals surface area contributed by atoms with Gasteiger partial charge in [0.25, 0.3) is 0 Å². The van der Waals surface area contributed by atoms with E-state index in [1.165, 1.54) is 0 Å². The predicted octanol–water partition coefficient (Wildman–Crippen LogP) is 2.88. The number of rotatable bonds is 4. The van der Waals surface area contributed by atoms with Crippen molar-refractivity contribution in [2.24, 2.45) is 0 Å². The van der Waals surface area contributed by atoms with Crippen LogP contribution in [0.25, 0.3) is 0 Å². The van der Waals surface area contributed by atoms with Crippen molar-refractivity contribution in [3.63, 3.8) is 0 Å². The van der Waals surface area contributed by atoms with Crippen LogP contribution in [0.3, 0.4) is 0 Å². The monoisotopic (exact) mass is 216 g/mol. The summed E-state index contributed by atoms with van der Waals surface area (Å²) in [5.41, 5.74) is 0.360. The van der Waals surface area contributed by atoms with Gasteiger partial charge in [-0.1, -0.05) is 43.0 Å². The lowest BCUT2D eigenvalue weighted by atomic mass is 10.0. The smallest absolute Gasteiger partial charge is 0.168 e. The number of benzene rings is 1. The van der Waals surface area contributed by atoms with Gasteiger partial charge in [0.1, 0.15) is 5.60 Å². The van der Waals surface area contributed by atoms with Gasteiger partial charge in [-0.2, -0.15) is 0 Å². The standard InChI is InChI=1S/C14H16O2/c1-2-14(10-6-9-13(14)15)16-11-12-7-4-3-5-8-12/h2-5,7-8H,1,6,9-11H2/t14-/m0/s1. The molecular weight excluding hydrogens is 200 g/mol. The molecule has 2 rings (SSSR count). The summed E-state index contributed by atoms with van der Waals surface area (Å²) >= 11 is 0. The van der Waals surface area contributed by atoms with Crippen molar-refractivity contribution >= 4 is 5.78 Å². The first-order valence-corrected chi connectivity index (χ1v) is 5.62. The molecule has 16 heavy (non-hydrogen) atoms. The molecule has 1 atom stereocenters. The minimum atomic E-state index is -0.726. The first-order chi connectivity index (χ1) is 7.77. The van der Waals surface area contributed by atoms with Crippen molar-refractivity contribution in [2.75, 3.05) is 0 Å². The maximum Gasteiger partial charge on any atom is 0.168 e. The van der Waals surface area contributed by atoms with Crippen LogP contribution < -0.4 is 0 Å². The largest absolute Gasteiger partial charge is 0.358 e. The topological polar surface area (TPSA) is 26.3 Å². The van der Waals surface area contributed by atoms with E-state index in [0.29, 0.717) is 13.0 Å². The molecule has 0 aliphatic heterocycles. The summed E-state index contributed by atoms with van der Waals surface area (Å²) in [6.07, 6.45) is 3.94. The lowest BCUT2D eigenvalue weighted by molar-refractivity contribution is -0.135. The molecule has 0 unspecified atom stereocenters. The highest BCUT2D eigenvalue weighted by molar-refractivity contribution is 5.91. The average Bonchev–Trinajstić information content (AvgIpc) is 2.70. The molecule has 1 aromatic carbocycles. The Balaban J connectivity index is 2.03. The van der Waals surface area contributed by atoms with Crippen LogP contribution in [-0.2, 0) is 16.1 Å². The van der Waals surface area contributed by atoms with Crippen molar-refractivity contribution < 1.29 is 9.53 Å². The normalized spacial score (nSPS) is 24.6. The minimum Gasteiger partial charge on any atom is -0.358 e. The van der Waals surface area contributed by atoms with E-state index in [2.05, 4.69) is 6.58 Å². The Kier molecular flexibility index (Phi) is 3.20. The van der Waals surface area contributed by atoms with E-state index >= 15 is 0 Å². The summed E-state index contributed by atoms with van der Waals surface area (Å²) in [6.45, 7) is 4.20. The second-order valence-electron chi connectivity index (χ2n) is 4.14. The van der Waals surface area contributed by atoms with Gasteiger partial charge in [-0.3, -0.25) is 4.79 Å². The number of hydrogen-bond acceptors (Lipinski definition) is 2. The van der Waals surface area contributed by atoms with E-state index in [1.807, 2.05) is 30.3 Å². The number of hydrogen-bond donors (Lipinski definition) is 0. The molecule has 1 fully saturated rings. The third-order valence-electron chi connectivity index (χ3n) is 3.09. The molecule has 0 aromatic heterocycles. The summed E-state index contributed by atoms with van der Waals surface area (Å²) in [6, 6.07) is 9.89. The van der Waals surface area contributed by atoms with E-state index in [0.717, 1.165) is 18.4 Å². The van der Waals surface area contributed by atoms with Gasteiger partial charge in [-0.05, 0) is 18.4 Å². The Labute approximate surface area is 95.9 Å². The molecule has 2 nitrogen and oxygen atoms in total. The minimum absolute atomic E-state index is 0.165. The molecule has 0 heterocycles. The fourth-order valence-electron chi connectivity index (χ4n) is 2.08. The van der Waals surface area contributed by atoms with E-state index in [4.69, 9.17) is 4.74 Å². The number of Topliss-reactive ketones (excluding diaryl/α,β-unsaturated/α-hetero) is 1. The fourth-order valence-corrected chi connectivity index (χ4v) is 2.08. The summed E-state index contributed by atoms with van der Waals surface area (Å²) in [4.78, 5) is 11.8. The number of carbonyl (C=O) groups is 1. The summed E-state index contributed by atoms with van der Waals surface area (Å²) in [7, 11) is 0. The van der Waals surface area contributed by atoms with Crippen LogP contribution in [0.1, 0.15) is 24.8 Å². The second-order valence-corrected chi connectivity index (χ2v) is 4.14. The highest BCUT2D eigenvalue weighted by Crippen LogP contribution is 2.31. The molecule has 0 N–H and O–H groups in total. The maximum absolute atomic E-state index is 11.8. The van der Waals surface area contributed by atoms with Crippen LogP contribution in [0.2, 0.25) is 0 Å². The number of carbonyl (C=O) groups excluding carboxylic acids is 1. The van der Waals surface area contributed by atoms with Crippen LogP contribution in [0.4, 0.5) is 0 Å². The molecule has 0 spiro atoms. The number of ketones is 1. The van der Waals surface area contributed by atoms with Crippen LogP contribution in [0.15, 0.2) is 43.0 Å². The van der Waals surface area contributed by atoms with Crippen LogP contribution in [-0.4, -0.2) is 11.4 Å². The van der Waals surface area contributed by atoms with E-state index < -0.39 is 5.60 Å². The van der Waals surface area contributed by atoms with Gasteiger partial charge in [-0.25, -0.2) is 0 Å². The van der Waals surface area contributed by atoms with Crippen molar-refractivity contribution in [2.45, 2.75) is 31.5 Å². The molecule has 0 saturated heterocycles. The molecule has 0 radical (unpaired) electrons. The molecule has 1 aliphatic rings. The average molecular weight is 216 g/mol. The fraction of sp³-hybridized carbons (Fsp3) is 0.357. The highest BCUT2D eigenvalue weighted by atomic mass is 16.5. The third kappa shape index (κ3) is 2.07. The van der Waals surface area contributed by atoms with Crippen LogP contribution >= 0.6 is 0 Å². The van der Waals surface area contributed by atoms with E-state index in [9.17, 15) is 4.79 Å². The summed E-state index contributed by atoms with van der Waals surface area (Å²) < 4.78 is 5.77. The Bertz CT molecular complexity index is 383. The van der Waals surface area contributed by atoms with E-state index in [-0.39, 0.29) is 5.78 Å². The van der Waals surface area contributed by atoms with E-state index in [1.54, 1.807) is 6.08 Å². The zero-order valence-corrected chi connectivity index (χ0v) is 9.32. The molecular formula is C14H16O2. The SMILES string of the molecule is C=C[C@]1(OCc2ccccc2)CCCC1=O. The van der Waals surface area contributed by atoms with Crippen LogP contribution in [0, 0.1) is 0 Å². The Morgan fingerprint density at radius 2 is 2.12 bits per heavy atom. The zero-order chi connectivity index (χ0) is 11.4. The lowest BCUT2D eigenvalue weighted by Crippen LogP contribution is -2.34. The summed E-state index contributed by atoms with van der Waals surface area (Å²) in [5, 5.41) is 0. The van der Waals surface area contributed by atoms with Crippen molar-refractivity contribution in [3.05, 3.63) is 48.6 Å². The predicted molar refractivity (Wildman–Crippen MR) is 63.0 cm³/mol. The van der Waals surface area contributed by atoms with Crippen LogP contribution in [0.5, 0.6) is 0 Å². The van der Waals surface area contributed by atoms with Gasteiger partial charge in [0.05, 0.1) is 6.61 Å². The molecule has 84 valence electrons. The van der Waals surface area contributed by atoms with Gasteiger partial charge in [-0.15, -0.1) is 0 Å². The van der Waals surface area contributed by atoms with Crippen molar-refractivity contribution in [3.8, 4) is 0 Å². The summed E-state index contributed by atoms with van der Waals surface area (Å²) in [5.74, 6) is 0.165. The number of ether oxygens (including phenoxy) is 1. The molecule has 2 heteroatoms. The molecule has 0 amide bonds. The quantitative estimate of drug-likeness (QED) is 0.723.